The number of Topliss-reactive ketones (excluding diaryl/α,β-unsaturated/α-hetero) is 1. The fraction of sp³-hybridized carbons (Fsp3) is 0.706. The van der Waals surface area contributed by atoms with Crippen molar-refractivity contribution in [3.63, 3.8) is 0 Å². The maximum absolute atomic E-state index is 12.1. The second-order valence-corrected chi connectivity index (χ2v) is 8.06. The molecule has 1 aliphatic rings. The molecule has 0 radical (unpaired) electrons. The fourth-order valence-corrected chi connectivity index (χ4v) is 4.24. The first-order valence-corrected chi connectivity index (χ1v) is 8.45. The molecule has 1 saturated carbocycles. The van der Waals surface area contributed by atoms with E-state index in [0.29, 0.717) is 11.3 Å². The third kappa shape index (κ3) is 4.16. The quantitative estimate of drug-likeness (QED) is 0.734. The van der Waals surface area contributed by atoms with Crippen LogP contribution in [0.25, 0.3) is 0 Å². The Bertz CT molecular complexity index is 461. The molecule has 1 fully saturated rings. The molecule has 2 rings (SSSR count). The number of rotatable bonds is 5. The van der Waals surface area contributed by atoms with Gasteiger partial charge in [0, 0.05) is 4.88 Å². The molecule has 2 unspecified atom stereocenters. The number of aryl methyl sites for hydroxylation is 1. The fourth-order valence-electron chi connectivity index (χ4n) is 3.37. The van der Waals surface area contributed by atoms with Crippen LogP contribution in [0.1, 0.15) is 61.5 Å². The van der Waals surface area contributed by atoms with Crippen molar-refractivity contribution in [1.82, 2.24) is 0 Å². The van der Waals surface area contributed by atoms with E-state index < -0.39 is 0 Å². The van der Waals surface area contributed by atoms with Crippen LogP contribution in [0.15, 0.2) is 12.1 Å². The lowest BCUT2D eigenvalue weighted by atomic mass is 9.71. The molecule has 1 heterocycles. The van der Waals surface area contributed by atoms with Crippen LogP contribution in [0.5, 0.6) is 0 Å². The summed E-state index contributed by atoms with van der Waals surface area (Å²) in [7, 11) is 0. The number of ketones is 1. The average molecular weight is 294 g/mol. The molecule has 0 saturated heterocycles. The molecule has 0 spiro atoms. The molecule has 20 heavy (non-hydrogen) atoms. The Labute approximate surface area is 126 Å². The molecule has 2 nitrogen and oxygen atoms in total. The Balaban J connectivity index is 1.86. The number of ether oxygens (including phenoxy) is 1. The van der Waals surface area contributed by atoms with Gasteiger partial charge in [0.05, 0.1) is 11.0 Å². The molecule has 0 amide bonds. The van der Waals surface area contributed by atoms with E-state index in [1.54, 1.807) is 11.3 Å². The normalized spacial score (nSPS) is 25.6. The lowest BCUT2D eigenvalue weighted by molar-refractivity contribution is -0.0166. The predicted molar refractivity (Wildman–Crippen MR) is 84.6 cm³/mol. The Morgan fingerprint density at radius 2 is 2.15 bits per heavy atom. The summed E-state index contributed by atoms with van der Waals surface area (Å²) in [4.78, 5) is 14.2. The Hall–Kier alpha value is -0.670. The van der Waals surface area contributed by atoms with E-state index in [9.17, 15) is 4.79 Å². The molecule has 1 aromatic rings. The van der Waals surface area contributed by atoms with E-state index in [0.717, 1.165) is 24.1 Å². The van der Waals surface area contributed by atoms with E-state index in [4.69, 9.17) is 4.74 Å². The average Bonchev–Trinajstić information content (AvgIpc) is 2.82. The van der Waals surface area contributed by atoms with Crippen molar-refractivity contribution in [2.45, 2.75) is 59.5 Å². The topological polar surface area (TPSA) is 26.3 Å². The number of thiophene rings is 1. The molecule has 0 N–H and O–H groups in total. The van der Waals surface area contributed by atoms with Gasteiger partial charge in [-0.15, -0.1) is 11.3 Å². The minimum Gasteiger partial charge on any atom is -0.370 e. The van der Waals surface area contributed by atoms with Gasteiger partial charge in [0.25, 0.3) is 0 Å². The van der Waals surface area contributed by atoms with Crippen LogP contribution in [0, 0.1) is 11.3 Å². The first-order valence-electron chi connectivity index (χ1n) is 7.63. The zero-order valence-corrected chi connectivity index (χ0v) is 13.9. The SMILES string of the molecule is CCc1ccc(C(=O)COC2CC(C)CC(C)(C)C2)s1. The number of carbonyl (C=O) groups is 1. The van der Waals surface area contributed by atoms with Gasteiger partial charge in [0.2, 0.25) is 0 Å². The zero-order chi connectivity index (χ0) is 14.8. The minimum absolute atomic E-state index is 0.130. The second-order valence-electron chi connectivity index (χ2n) is 6.89. The highest BCUT2D eigenvalue weighted by atomic mass is 32.1. The lowest BCUT2D eigenvalue weighted by Gasteiger charge is -2.38. The van der Waals surface area contributed by atoms with Crippen molar-refractivity contribution in [2.75, 3.05) is 6.61 Å². The summed E-state index contributed by atoms with van der Waals surface area (Å²) in [6.07, 6.45) is 4.64. The van der Waals surface area contributed by atoms with E-state index in [1.807, 2.05) is 12.1 Å². The van der Waals surface area contributed by atoms with E-state index in [2.05, 4.69) is 27.7 Å². The predicted octanol–water partition coefficient (Wildman–Crippen LogP) is 4.72. The Morgan fingerprint density at radius 3 is 2.75 bits per heavy atom. The molecular weight excluding hydrogens is 268 g/mol. The third-order valence-corrected chi connectivity index (χ3v) is 5.35. The maximum atomic E-state index is 12.1. The first kappa shape index (κ1) is 15.7. The number of hydrogen-bond donors (Lipinski definition) is 0. The second kappa shape index (κ2) is 6.40. The van der Waals surface area contributed by atoms with Crippen molar-refractivity contribution in [3.05, 3.63) is 21.9 Å². The number of carbonyl (C=O) groups excluding carboxylic acids is 1. The lowest BCUT2D eigenvalue weighted by Crippen LogP contribution is -2.33. The standard InChI is InChI=1S/C17H26O2S/c1-5-14-6-7-16(20-14)15(18)11-19-13-8-12(2)9-17(3,4)10-13/h6-7,12-13H,5,8-11H2,1-4H3. The summed E-state index contributed by atoms with van der Waals surface area (Å²) < 4.78 is 5.91. The highest BCUT2D eigenvalue weighted by Gasteiger charge is 2.32. The van der Waals surface area contributed by atoms with Crippen LogP contribution in [-0.2, 0) is 11.2 Å². The molecular formula is C17H26O2S. The first-order chi connectivity index (χ1) is 9.39. The Morgan fingerprint density at radius 1 is 1.40 bits per heavy atom. The van der Waals surface area contributed by atoms with Gasteiger partial charge in [-0.25, -0.2) is 0 Å². The monoisotopic (exact) mass is 294 g/mol. The van der Waals surface area contributed by atoms with Gasteiger partial charge in [0.1, 0.15) is 6.61 Å². The third-order valence-electron chi connectivity index (χ3n) is 4.08. The van der Waals surface area contributed by atoms with Crippen LogP contribution in [-0.4, -0.2) is 18.5 Å². The molecule has 0 aromatic carbocycles. The van der Waals surface area contributed by atoms with Gasteiger partial charge < -0.3 is 4.74 Å². The van der Waals surface area contributed by atoms with Crippen molar-refractivity contribution in [3.8, 4) is 0 Å². The molecule has 2 atom stereocenters. The van der Waals surface area contributed by atoms with Crippen molar-refractivity contribution >= 4 is 17.1 Å². The largest absolute Gasteiger partial charge is 0.370 e. The summed E-state index contributed by atoms with van der Waals surface area (Å²) >= 11 is 1.60. The van der Waals surface area contributed by atoms with Gasteiger partial charge in [-0.2, -0.15) is 0 Å². The summed E-state index contributed by atoms with van der Waals surface area (Å²) in [6, 6.07) is 3.98. The van der Waals surface area contributed by atoms with E-state index in [-0.39, 0.29) is 18.5 Å². The van der Waals surface area contributed by atoms with Crippen molar-refractivity contribution in [2.24, 2.45) is 11.3 Å². The minimum atomic E-state index is 0.130. The van der Waals surface area contributed by atoms with Crippen LogP contribution in [0.3, 0.4) is 0 Å². The number of hydrogen-bond acceptors (Lipinski definition) is 3. The summed E-state index contributed by atoms with van der Waals surface area (Å²) in [5.74, 6) is 0.818. The summed E-state index contributed by atoms with van der Waals surface area (Å²) in [5, 5.41) is 0. The van der Waals surface area contributed by atoms with Crippen LogP contribution >= 0.6 is 11.3 Å². The summed E-state index contributed by atoms with van der Waals surface area (Å²) in [6.45, 7) is 9.23. The molecule has 1 aromatic heterocycles. The van der Waals surface area contributed by atoms with Crippen molar-refractivity contribution < 1.29 is 9.53 Å². The highest BCUT2D eigenvalue weighted by Crippen LogP contribution is 2.39. The van der Waals surface area contributed by atoms with Crippen molar-refractivity contribution in [1.29, 1.82) is 0 Å². The van der Waals surface area contributed by atoms with Gasteiger partial charge in [-0.3, -0.25) is 4.79 Å². The van der Waals surface area contributed by atoms with E-state index >= 15 is 0 Å². The van der Waals surface area contributed by atoms with Gasteiger partial charge in [-0.05, 0) is 49.1 Å². The van der Waals surface area contributed by atoms with Gasteiger partial charge >= 0.3 is 0 Å². The molecule has 0 bridgehead atoms. The Kier molecular flexibility index (Phi) is 5.03. The van der Waals surface area contributed by atoms with Gasteiger partial charge in [-0.1, -0.05) is 27.7 Å². The molecule has 0 aliphatic heterocycles. The highest BCUT2D eigenvalue weighted by molar-refractivity contribution is 7.14. The molecule has 112 valence electrons. The summed E-state index contributed by atoms with van der Waals surface area (Å²) in [5.41, 5.74) is 0.337. The molecule has 3 heteroatoms. The van der Waals surface area contributed by atoms with Crippen LogP contribution in [0.2, 0.25) is 0 Å². The van der Waals surface area contributed by atoms with Crippen LogP contribution < -0.4 is 0 Å². The zero-order valence-electron chi connectivity index (χ0n) is 13.1. The maximum Gasteiger partial charge on any atom is 0.198 e. The van der Waals surface area contributed by atoms with Crippen LogP contribution in [0.4, 0.5) is 0 Å². The van der Waals surface area contributed by atoms with E-state index in [1.165, 1.54) is 11.3 Å². The van der Waals surface area contributed by atoms with Gasteiger partial charge in [0.15, 0.2) is 5.78 Å². The smallest absolute Gasteiger partial charge is 0.198 e. The molecule has 1 aliphatic carbocycles.